The van der Waals surface area contributed by atoms with E-state index >= 15 is 0 Å². The summed E-state index contributed by atoms with van der Waals surface area (Å²) in [6, 6.07) is 5.24. The summed E-state index contributed by atoms with van der Waals surface area (Å²) < 4.78 is 0. The van der Waals surface area contributed by atoms with Crippen molar-refractivity contribution in [2.24, 2.45) is 5.84 Å². The predicted molar refractivity (Wildman–Crippen MR) is 49.5 cm³/mol. The van der Waals surface area contributed by atoms with Crippen LogP contribution < -0.4 is 5.84 Å². The van der Waals surface area contributed by atoms with Gasteiger partial charge >= 0.3 is 0 Å². The van der Waals surface area contributed by atoms with Gasteiger partial charge in [0.05, 0.1) is 4.92 Å². The first-order valence-electron chi connectivity index (χ1n) is 3.85. The normalized spacial score (nSPS) is 9.40. The number of rotatable bonds is 3. The number of hydrogen-bond acceptors (Lipinski definition) is 5. The van der Waals surface area contributed by atoms with Crippen molar-refractivity contribution < 1.29 is 14.5 Å². The summed E-state index contributed by atoms with van der Waals surface area (Å²) in [6.07, 6.45) is 0.0824. The Balaban J connectivity index is 3.19. The van der Waals surface area contributed by atoms with E-state index in [1.807, 2.05) is 0 Å². The van der Waals surface area contributed by atoms with Crippen LogP contribution in [-0.2, 0) is 4.79 Å². The topological polar surface area (TPSA) is 107 Å². The first kappa shape index (κ1) is 10.8. The number of hydrogen-bond donors (Lipinski definition) is 1. The summed E-state index contributed by atoms with van der Waals surface area (Å²) in [5.74, 6) is 4.09. The lowest BCUT2D eigenvalue weighted by molar-refractivity contribution is -0.385. The van der Waals surface area contributed by atoms with Crippen LogP contribution in [0.1, 0.15) is 10.4 Å². The van der Waals surface area contributed by atoms with Crippen LogP contribution in [0.3, 0.4) is 0 Å². The number of nitrogens with zero attached hydrogens (tertiary/aromatic N) is 2. The van der Waals surface area contributed by atoms with E-state index in [4.69, 9.17) is 5.84 Å². The van der Waals surface area contributed by atoms with Gasteiger partial charge in [-0.05, 0) is 6.07 Å². The standard InChI is InChI=1S/C8H7N3O4/c9-10(5-12)8(13)6-3-1-2-4-7(6)11(14)15/h1-5H,9H2. The Labute approximate surface area is 84.2 Å². The Bertz CT molecular complexity index is 418. The molecule has 0 aliphatic carbocycles. The molecule has 7 heteroatoms. The number of imide groups is 1. The number of benzene rings is 1. The van der Waals surface area contributed by atoms with Crippen LogP contribution in [0.15, 0.2) is 24.3 Å². The zero-order valence-electron chi connectivity index (χ0n) is 7.49. The Kier molecular flexibility index (Phi) is 3.09. The van der Waals surface area contributed by atoms with E-state index in [1.165, 1.54) is 18.2 Å². The molecule has 0 saturated heterocycles. The molecule has 0 aliphatic rings. The molecule has 2 N–H and O–H groups in total. The first-order chi connectivity index (χ1) is 7.07. The van der Waals surface area contributed by atoms with Crippen molar-refractivity contribution in [1.82, 2.24) is 5.01 Å². The van der Waals surface area contributed by atoms with Crippen LogP contribution in [-0.4, -0.2) is 22.2 Å². The third-order valence-corrected chi connectivity index (χ3v) is 1.68. The van der Waals surface area contributed by atoms with Crippen LogP contribution >= 0.6 is 0 Å². The molecule has 1 rings (SSSR count). The molecule has 15 heavy (non-hydrogen) atoms. The van der Waals surface area contributed by atoms with Gasteiger partial charge in [-0.3, -0.25) is 19.7 Å². The van der Waals surface area contributed by atoms with Crippen molar-refractivity contribution in [1.29, 1.82) is 0 Å². The van der Waals surface area contributed by atoms with E-state index in [9.17, 15) is 19.7 Å². The van der Waals surface area contributed by atoms with Gasteiger partial charge in [0.15, 0.2) is 0 Å². The maximum atomic E-state index is 11.4. The van der Waals surface area contributed by atoms with E-state index in [0.29, 0.717) is 0 Å². The second-order valence-electron chi connectivity index (χ2n) is 2.59. The number of carbonyl (C=O) groups excluding carboxylic acids is 2. The van der Waals surface area contributed by atoms with Gasteiger partial charge in [0.2, 0.25) is 6.41 Å². The van der Waals surface area contributed by atoms with Gasteiger partial charge in [0.1, 0.15) is 5.56 Å². The molecule has 0 spiro atoms. The molecular formula is C8H7N3O4. The molecule has 0 unspecified atom stereocenters. The molecule has 0 radical (unpaired) electrons. The third kappa shape index (κ3) is 2.15. The van der Waals surface area contributed by atoms with Gasteiger partial charge in [0, 0.05) is 6.07 Å². The largest absolute Gasteiger partial charge is 0.282 e. The van der Waals surface area contributed by atoms with Crippen molar-refractivity contribution >= 4 is 18.0 Å². The van der Waals surface area contributed by atoms with Gasteiger partial charge in [-0.15, -0.1) is 0 Å². The lowest BCUT2D eigenvalue weighted by atomic mass is 10.1. The summed E-state index contributed by atoms with van der Waals surface area (Å²) in [6.45, 7) is 0. The summed E-state index contributed by atoms with van der Waals surface area (Å²) in [7, 11) is 0. The number of para-hydroxylation sites is 1. The average Bonchev–Trinajstić information content (AvgIpc) is 2.27. The summed E-state index contributed by atoms with van der Waals surface area (Å²) in [5, 5.41) is 10.8. The minimum atomic E-state index is -0.919. The Morgan fingerprint density at radius 2 is 2.07 bits per heavy atom. The van der Waals surface area contributed by atoms with Crippen LogP contribution in [0.4, 0.5) is 5.69 Å². The molecule has 1 aromatic rings. The summed E-state index contributed by atoms with van der Waals surface area (Å²) in [5.41, 5.74) is -0.614. The SMILES string of the molecule is NN(C=O)C(=O)c1ccccc1[N+](=O)[O-]. The van der Waals surface area contributed by atoms with Crippen LogP contribution in [0, 0.1) is 10.1 Å². The number of hydrazine groups is 1. The quantitative estimate of drug-likeness (QED) is 0.249. The highest BCUT2D eigenvalue weighted by atomic mass is 16.6. The number of carbonyl (C=O) groups is 2. The molecule has 2 amide bonds. The van der Waals surface area contributed by atoms with Crippen molar-refractivity contribution in [3.05, 3.63) is 39.9 Å². The first-order valence-corrected chi connectivity index (χ1v) is 3.85. The number of amides is 2. The summed E-state index contributed by atoms with van der Waals surface area (Å²) >= 11 is 0. The lowest BCUT2D eigenvalue weighted by Crippen LogP contribution is -2.36. The Morgan fingerprint density at radius 1 is 1.47 bits per heavy atom. The maximum absolute atomic E-state index is 11.4. The smallest absolute Gasteiger partial charge is 0.277 e. The zero-order valence-corrected chi connectivity index (χ0v) is 7.49. The van der Waals surface area contributed by atoms with Crippen molar-refractivity contribution in [2.45, 2.75) is 0 Å². The minimum absolute atomic E-state index is 0.0824. The second-order valence-corrected chi connectivity index (χ2v) is 2.59. The molecule has 7 nitrogen and oxygen atoms in total. The number of nitro groups is 1. The van der Waals surface area contributed by atoms with Crippen molar-refractivity contribution in [3.63, 3.8) is 0 Å². The van der Waals surface area contributed by atoms with Gasteiger partial charge in [-0.1, -0.05) is 12.1 Å². The number of nitrogens with two attached hydrogens (primary N) is 1. The molecule has 0 atom stereocenters. The van der Waals surface area contributed by atoms with E-state index in [-0.39, 0.29) is 22.7 Å². The van der Waals surface area contributed by atoms with Crippen molar-refractivity contribution in [3.8, 4) is 0 Å². The van der Waals surface area contributed by atoms with Crippen molar-refractivity contribution in [2.75, 3.05) is 0 Å². The van der Waals surface area contributed by atoms with Crippen LogP contribution in [0.2, 0.25) is 0 Å². The van der Waals surface area contributed by atoms with E-state index < -0.39 is 10.8 Å². The van der Waals surface area contributed by atoms with Gasteiger partial charge < -0.3 is 0 Å². The molecule has 0 fully saturated rings. The number of nitro benzene ring substituents is 1. The fraction of sp³-hybridized carbons (Fsp3) is 0. The van der Waals surface area contributed by atoms with E-state index in [2.05, 4.69) is 0 Å². The van der Waals surface area contributed by atoms with E-state index in [0.717, 1.165) is 6.07 Å². The maximum Gasteiger partial charge on any atom is 0.282 e. The molecule has 0 bridgehead atoms. The highest BCUT2D eigenvalue weighted by molar-refractivity contribution is 6.02. The average molecular weight is 209 g/mol. The Hall–Kier alpha value is -2.28. The monoisotopic (exact) mass is 209 g/mol. The fourth-order valence-electron chi connectivity index (χ4n) is 1.00. The molecule has 0 heterocycles. The highest BCUT2D eigenvalue weighted by Gasteiger charge is 2.22. The molecule has 0 aliphatic heterocycles. The summed E-state index contributed by atoms with van der Waals surface area (Å²) in [4.78, 5) is 31.4. The van der Waals surface area contributed by atoms with Crippen LogP contribution in [0.25, 0.3) is 0 Å². The molecule has 78 valence electrons. The zero-order chi connectivity index (χ0) is 11.4. The molecule has 1 aromatic carbocycles. The van der Waals surface area contributed by atoms with E-state index in [1.54, 1.807) is 0 Å². The van der Waals surface area contributed by atoms with Gasteiger partial charge in [0.25, 0.3) is 11.6 Å². The van der Waals surface area contributed by atoms with Gasteiger partial charge in [-0.2, -0.15) is 0 Å². The fourth-order valence-corrected chi connectivity index (χ4v) is 1.00. The minimum Gasteiger partial charge on any atom is -0.277 e. The highest BCUT2D eigenvalue weighted by Crippen LogP contribution is 2.18. The van der Waals surface area contributed by atoms with Crippen LogP contribution in [0.5, 0.6) is 0 Å². The lowest BCUT2D eigenvalue weighted by Gasteiger charge is -2.07. The molecule has 0 aromatic heterocycles. The van der Waals surface area contributed by atoms with Gasteiger partial charge in [-0.25, -0.2) is 10.9 Å². The molecule has 0 saturated carbocycles. The second kappa shape index (κ2) is 4.29. The molecular weight excluding hydrogens is 202 g/mol. The predicted octanol–water partition coefficient (Wildman–Crippen LogP) is 0.0671. The third-order valence-electron chi connectivity index (χ3n) is 1.68. The Morgan fingerprint density at radius 3 is 2.60 bits per heavy atom.